The lowest BCUT2D eigenvalue weighted by molar-refractivity contribution is -0.121. The summed E-state index contributed by atoms with van der Waals surface area (Å²) in [6, 6.07) is 13.7. The summed E-state index contributed by atoms with van der Waals surface area (Å²) in [6.07, 6.45) is 3.21. The van der Waals surface area contributed by atoms with Crippen LogP contribution in [0.4, 0.5) is 5.00 Å². The minimum atomic E-state index is -0.718. The number of nitrogens with one attached hydrogen (secondary N) is 1. The number of aryl methyl sites for hydroxylation is 1. The summed E-state index contributed by atoms with van der Waals surface area (Å²) in [7, 11) is 0. The van der Waals surface area contributed by atoms with E-state index in [0.29, 0.717) is 22.9 Å². The Bertz CT molecular complexity index is 1080. The number of benzene rings is 2. The van der Waals surface area contributed by atoms with E-state index in [2.05, 4.69) is 5.32 Å². The zero-order valence-corrected chi connectivity index (χ0v) is 18.0. The van der Waals surface area contributed by atoms with Crippen molar-refractivity contribution in [1.82, 2.24) is 0 Å². The Labute approximate surface area is 180 Å². The van der Waals surface area contributed by atoms with Crippen LogP contribution in [0, 0.1) is 0 Å². The molecule has 1 aliphatic rings. The lowest BCUT2D eigenvalue weighted by atomic mass is 9.95. The Morgan fingerprint density at radius 1 is 1.10 bits per heavy atom. The fourth-order valence-corrected chi connectivity index (χ4v) is 5.11. The van der Waals surface area contributed by atoms with Crippen LogP contribution in [0.3, 0.4) is 0 Å². The first kappa shape index (κ1) is 20.4. The average Bonchev–Trinajstić information content (AvgIpc) is 3.12. The van der Waals surface area contributed by atoms with Gasteiger partial charge in [0.25, 0.3) is 5.91 Å². The molecule has 2 aromatic carbocycles. The molecule has 1 N–H and O–H groups in total. The van der Waals surface area contributed by atoms with E-state index in [1.54, 1.807) is 13.8 Å². The lowest BCUT2D eigenvalue weighted by Gasteiger charge is -2.16. The summed E-state index contributed by atoms with van der Waals surface area (Å²) in [6.45, 7) is 3.81. The molecule has 156 valence electrons. The second kappa shape index (κ2) is 8.88. The monoisotopic (exact) mass is 423 g/mol. The molecule has 0 saturated heterocycles. The first-order valence-corrected chi connectivity index (χ1v) is 11.2. The van der Waals surface area contributed by atoms with Gasteiger partial charge in [0.05, 0.1) is 12.2 Å². The van der Waals surface area contributed by atoms with E-state index in [9.17, 15) is 9.59 Å². The summed E-state index contributed by atoms with van der Waals surface area (Å²) < 4.78 is 11.3. The van der Waals surface area contributed by atoms with Gasteiger partial charge in [-0.1, -0.05) is 36.4 Å². The van der Waals surface area contributed by atoms with E-state index in [1.807, 2.05) is 42.5 Å². The number of hydrogen-bond donors (Lipinski definition) is 1. The highest BCUT2D eigenvalue weighted by Gasteiger charge is 2.28. The molecule has 1 aliphatic carbocycles. The number of anilines is 1. The molecule has 5 nitrogen and oxygen atoms in total. The van der Waals surface area contributed by atoms with E-state index >= 15 is 0 Å². The van der Waals surface area contributed by atoms with E-state index in [0.717, 1.165) is 42.0 Å². The van der Waals surface area contributed by atoms with Crippen LogP contribution < -0.4 is 10.1 Å². The number of hydrogen-bond acceptors (Lipinski definition) is 5. The molecule has 1 amide bonds. The van der Waals surface area contributed by atoms with E-state index in [-0.39, 0.29) is 11.9 Å². The van der Waals surface area contributed by atoms with Gasteiger partial charge in [-0.3, -0.25) is 4.79 Å². The molecule has 0 radical (unpaired) electrons. The zero-order chi connectivity index (χ0) is 21.1. The topological polar surface area (TPSA) is 64.6 Å². The quantitative estimate of drug-likeness (QED) is 0.542. The number of ether oxygens (including phenoxy) is 2. The molecule has 3 aromatic rings. The number of esters is 1. The van der Waals surface area contributed by atoms with Crippen LogP contribution in [-0.2, 0) is 22.4 Å². The van der Waals surface area contributed by atoms with Crippen LogP contribution in [-0.4, -0.2) is 24.6 Å². The van der Waals surface area contributed by atoms with Crippen molar-refractivity contribution in [3.8, 4) is 5.75 Å². The normalized spacial score (nSPS) is 14.1. The predicted octanol–water partition coefficient (Wildman–Crippen LogP) is 5.36. The highest BCUT2D eigenvalue weighted by atomic mass is 32.1. The highest BCUT2D eigenvalue weighted by Crippen LogP contribution is 2.38. The zero-order valence-electron chi connectivity index (χ0n) is 17.2. The number of amides is 1. The molecule has 0 saturated carbocycles. The second-order valence-corrected chi connectivity index (χ2v) is 8.47. The lowest BCUT2D eigenvalue weighted by Crippen LogP contribution is -2.30. The van der Waals surface area contributed by atoms with Crippen LogP contribution in [0.25, 0.3) is 10.8 Å². The van der Waals surface area contributed by atoms with Gasteiger partial charge in [-0.15, -0.1) is 11.3 Å². The minimum Gasteiger partial charge on any atom is -0.480 e. The van der Waals surface area contributed by atoms with Gasteiger partial charge in [0.1, 0.15) is 10.8 Å². The molecule has 6 heteroatoms. The van der Waals surface area contributed by atoms with Gasteiger partial charge >= 0.3 is 5.97 Å². The Morgan fingerprint density at radius 2 is 1.87 bits per heavy atom. The first-order valence-electron chi connectivity index (χ1n) is 10.4. The maximum atomic E-state index is 12.9. The molecule has 0 spiro atoms. The van der Waals surface area contributed by atoms with Crippen molar-refractivity contribution in [3.63, 3.8) is 0 Å². The Hall–Kier alpha value is -2.86. The van der Waals surface area contributed by atoms with Crippen molar-refractivity contribution in [2.24, 2.45) is 0 Å². The molecular weight excluding hydrogens is 398 g/mol. The van der Waals surface area contributed by atoms with Crippen LogP contribution in [0.15, 0.2) is 42.5 Å². The number of thiophene rings is 1. The number of carbonyl (C=O) groups excluding carboxylic acids is 2. The maximum absolute atomic E-state index is 12.9. The molecule has 1 heterocycles. The molecule has 1 atom stereocenters. The highest BCUT2D eigenvalue weighted by molar-refractivity contribution is 7.17. The molecule has 4 rings (SSSR count). The molecule has 0 bridgehead atoms. The molecule has 0 aliphatic heterocycles. The molecule has 30 heavy (non-hydrogen) atoms. The van der Waals surface area contributed by atoms with Crippen LogP contribution >= 0.6 is 11.3 Å². The molecule has 0 unspecified atom stereocenters. The van der Waals surface area contributed by atoms with Crippen LogP contribution in [0.5, 0.6) is 5.75 Å². The Morgan fingerprint density at radius 3 is 2.70 bits per heavy atom. The van der Waals surface area contributed by atoms with Crippen molar-refractivity contribution >= 4 is 39.0 Å². The molecule has 1 aromatic heterocycles. The maximum Gasteiger partial charge on any atom is 0.341 e. The average molecular weight is 424 g/mol. The summed E-state index contributed by atoms with van der Waals surface area (Å²) in [5.41, 5.74) is 1.55. The smallest absolute Gasteiger partial charge is 0.341 e. The number of fused-ring (bicyclic) bond motifs is 2. The Balaban J connectivity index is 1.56. The summed E-state index contributed by atoms with van der Waals surface area (Å²) in [5, 5.41) is 5.51. The van der Waals surface area contributed by atoms with E-state index < -0.39 is 6.10 Å². The second-order valence-electron chi connectivity index (χ2n) is 7.36. The third kappa shape index (κ3) is 4.05. The fraction of sp³-hybridized carbons (Fsp3) is 0.333. The van der Waals surface area contributed by atoms with Gasteiger partial charge in [-0.25, -0.2) is 4.79 Å². The summed E-state index contributed by atoms with van der Waals surface area (Å²) >= 11 is 1.48. The number of carbonyl (C=O) groups is 2. The standard InChI is InChI=1S/C24H25NO4S/c1-3-28-24(27)21-18-12-6-7-14-20(18)30-23(21)25-22(26)15(2)29-19-13-8-10-16-9-4-5-11-17(16)19/h4-5,8-11,13,15H,3,6-7,12,14H2,1-2H3,(H,25,26)/t15-/m1/s1. The third-order valence-corrected chi connectivity index (χ3v) is 6.52. The van der Waals surface area contributed by atoms with Crippen molar-refractivity contribution in [2.75, 3.05) is 11.9 Å². The SMILES string of the molecule is CCOC(=O)c1c(NC(=O)[C@@H](C)Oc2cccc3ccccc23)sc2c1CCCC2. The van der Waals surface area contributed by atoms with Crippen molar-refractivity contribution in [2.45, 2.75) is 45.6 Å². The van der Waals surface area contributed by atoms with Gasteiger partial charge < -0.3 is 14.8 Å². The Kier molecular flexibility index (Phi) is 6.04. The van der Waals surface area contributed by atoms with Gasteiger partial charge in [0.15, 0.2) is 6.10 Å². The van der Waals surface area contributed by atoms with Gasteiger partial charge in [0.2, 0.25) is 0 Å². The van der Waals surface area contributed by atoms with Gasteiger partial charge in [-0.05, 0) is 56.5 Å². The molecule has 0 fully saturated rings. The summed E-state index contributed by atoms with van der Waals surface area (Å²) in [5.74, 6) is 0.00810. The van der Waals surface area contributed by atoms with Gasteiger partial charge in [0, 0.05) is 10.3 Å². The predicted molar refractivity (Wildman–Crippen MR) is 120 cm³/mol. The third-order valence-electron chi connectivity index (χ3n) is 5.31. The van der Waals surface area contributed by atoms with Crippen LogP contribution in [0.1, 0.15) is 47.5 Å². The number of rotatable bonds is 6. The summed E-state index contributed by atoms with van der Waals surface area (Å²) in [4.78, 5) is 26.7. The van der Waals surface area contributed by atoms with Crippen molar-refractivity contribution in [3.05, 3.63) is 58.5 Å². The minimum absolute atomic E-state index is 0.285. The fourth-order valence-electron chi connectivity index (χ4n) is 3.83. The molecular formula is C24H25NO4S. The first-order chi connectivity index (χ1) is 14.6. The van der Waals surface area contributed by atoms with Crippen molar-refractivity contribution in [1.29, 1.82) is 0 Å². The van der Waals surface area contributed by atoms with E-state index in [1.165, 1.54) is 16.2 Å². The van der Waals surface area contributed by atoms with Crippen molar-refractivity contribution < 1.29 is 19.1 Å². The van der Waals surface area contributed by atoms with Crippen LogP contribution in [0.2, 0.25) is 0 Å². The van der Waals surface area contributed by atoms with Gasteiger partial charge in [-0.2, -0.15) is 0 Å². The van der Waals surface area contributed by atoms with E-state index in [4.69, 9.17) is 9.47 Å². The largest absolute Gasteiger partial charge is 0.480 e.